The summed E-state index contributed by atoms with van der Waals surface area (Å²) in [6.45, 7) is 0. The highest BCUT2D eigenvalue weighted by molar-refractivity contribution is 6.05. The topological polar surface area (TPSA) is 87.4 Å². The highest BCUT2D eigenvalue weighted by atomic mass is 16.6. The van der Waals surface area contributed by atoms with E-state index in [0.29, 0.717) is 29.8 Å². The van der Waals surface area contributed by atoms with Crippen molar-refractivity contribution in [1.29, 1.82) is 5.26 Å². The van der Waals surface area contributed by atoms with E-state index in [1.807, 2.05) is 60.7 Å². The number of anilines is 1. The molecular weight excluding hydrogens is 364 g/mol. The monoisotopic (exact) mass is 382 g/mol. The molecule has 1 amide bonds. The van der Waals surface area contributed by atoms with Gasteiger partial charge in [0.2, 0.25) is 6.10 Å². The lowest BCUT2D eigenvalue weighted by Crippen LogP contribution is -2.28. The molecule has 29 heavy (non-hydrogen) atoms. The summed E-state index contributed by atoms with van der Waals surface area (Å²) in [6.07, 6.45) is 3.79. The molecule has 0 fully saturated rings. The van der Waals surface area contributed by atoms with Crippen LogP contribution in [-0.2, 0) is 16.1 Å². The minimum Gasteiger partial charge on any atom is -0.382 e. The van der Waals surface area contributed by atoms with Crippen molar-refractivity contribution in [1.82, 2.24) is 4.98 Å². The van der Waals surface area contributed by atoms with E-state index in [1.54, 1.807) is 12.4 Å². The number of carbonyl (C=O) groups is 1. The van der Waals surface area contributed by atoms with Crippen LogP contribution in [0.3, 0.4) is 0 Å². The van der Waals surface area contributed by atoms with Gasteiger partial charge in [-0.15, -0.1) is 0 Å². The minimum absolute atomic E-state index is 0.241. The van der Waals surface area contributed by atoms with Gasteiger partial charge in [0.1, 0.15) is 0 Å². The molecule has 1 atom stereocenters. The number of nitrogens with one attached hydrogen (secondary N) is 1. The first-order chi connectivity index (χ1) is 14.2. The van der Waals surface area contributed by atoms with Gasteiger partial charge in [0.05, 0.1) is 17.3 Å². The van der Waals surface area contributed by atoms with Crippen LogP contribution < -0.4 is 5.32 Å². The second-order valence-electron chi connectivity index (χ2n) is 6.71. The summed E-state index contributed by atoms with van der Waals surface area (Å²) in [5.74, 6) is -0.241. The summed E-state index contributed by atoms with van der Waals surface area (Å²) in [6, 6.07) is 21.0. The Balaban J connectivity index is 1.36. The Hall–Kier alpha value is -3.98. The van der Waals surface area contributed by atoms with Crippen molar-refractivity contribution in [2.24, 2.45) is 5.16 Å². The largest absolute Gasteiger partial charge is 0.382 e. The third-order valence-corrected chi connectivity index (χ3v) is 4.71. The molecule has 0 bridgehead atoms. The van der Waals surface area contributed by atoms with Crippen molar-refractivity contribution >= 4 is 17.3 Å². The molecule has 6 heteroatoms. The Morgan fingerprint density at radius 3 is 2.72 bits per heavy atom. The summed E-state index contributed by atoms with van der Waals surface area (Å²) >= 11 is 0. The van der Waals surface area contributed by atoms with Gasteiger partial charge in [-0.3, -0.25) is 9.78 Å². The Bertz CT molecular complexity index is 1090. The van der Waals surface area contributed by atoms with Crippen molar-refractivity contribution < 1.29 is 9.63 Å². The number of aromatic nitrogens is 1. The van der Waals surface area contributed by atoms with E-state index >= 15 is 0 Å². The number of nitrogens with zero attached hydrogens (tertiary/aromatic N) is 3. The van der Waals surface area contributed by atoms with Gasteiger partial charge in [0.15, 0.2) is 0 Å². The van der Waals surface area contributed by atoms with Crippen LogP contribution in [0.1, 0.15) is 28.7 Å². The van der Waals surface area contributed by atoms with Gasteiger partial charge in [-0.1, -0.05) is 35.5 Å². The average molecular weight is 382 g/mol. The molecule has 2 aromatic carbocycles. The first kappa shape index (κ1) is 18.4. The minimum atomic E-state index is -0.660. The smallest absolute Gasteiger partial charge is 0.268 e. The van der Waals surface area contributed by atoms with E-state index in [1.165, 1.54) is 0 Å². The van der Waals surface area contributed by atoms with Crippen molar-refractivity contribution in [3.63, 3.8) is 0 Å². The summed E-state index contributed by atoms with van der Waals surface area (Å²) in [5, 5.41) is 16.1. The van der Waals surface area contributed by atoms with Gasteiger partial charge in [-0.25, -0.2) is 0 Å². The molecule has 0 saturated carbocycles. The Kier molecular flexibility index (Phi) is 5.30. The van der Waals surface area contributed by atoms with Gasteiger partial charge in [-0.2, -0.15) is 5.26 Å². The van der Waals surface area contributed by atoms with Crippen molar-refractivity contribution in [2.45, 2.75) is 18.9 Å². The molecule has 1 aliphatic heterocycles. The molecule has 3 aromatic rings. The maximum atomic E-state index is 12.5. The average Bonchev–Trinajstić information content (AvgIpc) is 3.27. The molecule has 1 unspecified atom stereocenters. The number of rotatable bonds is 5. The van der Waals surface area contributed by atoms with Gasteiger partial charge >= 0.3 is 0 Å². The van der Waals surface area contributed by atoms with E-state index in [-0.39, 0.29) is 5.91 Å². The van der Waals surface area contributed by atoms with Crippen LogP contribution in [0.5, 0.6) is 0 Å². The third-order valence-electron chi connectivity index (χ3n) is 4.71. The van der Waals surface area contributed by atoms with Crippen LogP contribution in [0.2, 0.25) is 0 Å². The van der Waals surface area contributed by atoms with Crippen LogP contribution in [-0.4, -0.2) is 22.7 Å². The summed E-state index contributed by atoms with van der Waals surface area (Å²) in [7, 11) is 0. The summed E-state index contributed by atoms with van der Waals surface area (Å²) in [4.78, 5) is 21.9. The molecule has 1 N–H and O–H groups in total. The standard InChI is InChI=1S/C23H18N4O2/c24-14-18-5-2-1-4-17(18)12-16-7-9-20(10-8-16)26-23(28)22-13-21(27-29-22)19-6-3-11-25-15-19/h1-11,15,22H,12-13H2,(H,26,28). The SMILES string of the molecule is N#Cc1ccccc1Cc1ccc(NC(=O)C2CC(c3cccnc3)=NO2)cc1. The number of nitriles is 1. The number of oxime groups is 1. The number of pyridine rings is 1. The van der Waals surface area contributed by atoms with Crippen molar-refractivity contribution in [3.8, 4) is 6.07 Å². The number of amides is 1. The first-order valence-electron chi connectivity index (χ1n) is 9.24. The van der Waals surface area contributed by atoms with Gasteiger partial charge in [0, 0.05) is 30.1 Å². The molecule has 0 radical (unpaired) electrons. The maximum Gasteiger partial charge on any atom is 0.268 e. The van der Waals surface area contributed by atoms with Crippen molar-refractivity contribution in [2.75, 3.05) is 5.32 Å². The zero-order valence-electron chi connectivity index (χ0n) is 15.6. The molecule has 6 nitrogen and oxygen atoms in total. The van der Waals surface area contributed by atoms with E-state index in [4.69, 9.17) is 4.84 Å². The number of benzene rings is 2. The Morgan fingerprint density at radius 2 is 1.97 bits per heavy atom. The Morgan fingerprint density at radius 1 is 1.14 bits per heavy atom. The number of carbonyl (C=O) groups excluding carboxylic acids is 1. The van der Waals surface area contributed by atoms with Gasteiger partial charge < -0.3 is 10.2 Å². The predicted molar refractivity (Wildman–Crippen MR) is 109 cm³/mol. The highest BCUT2D eigenvalue weighted by Crippen LogP contribution is 2.19. The fraction of sp³-hybridized carbons (Fsp3) is 0.130. The molecular formula is C23H18N4O2. The first-order valence-corrected chi connectivity index (χ1v) is 9.24. The van der Waals surface area contributed by atoms with Gasteiger partial charge in [-0.05, 0) is 47.9 Å². The lowest BCUT2D eigenvalue weighted by atomic mass is 10.0. The lowest BCUT2D eigenvalue weighted by molar-refractivity contribution is -0.125. The predicted octanol–water partition coefficient (Wildman–Crippen LogP) is 3.68. The fourth-order valence-electron chi connectivity index (χ4n) is 3.15. The lowest BCUT2D eigenvalue weighted by Gasteiger charge is -2.10. The molecule has 1 aromatic heterocycles. The second-order valence-corrected chi connectivity index (χ2v) is 6.71. The quantitative estimate of drug-likeness (QED) is 0.729. The van der Waals surface area contributed by atoms with E-state index in [0.717, 1.165) is 16.7 Å². The van der Waals surface area contributed by atoms with Crippen LogP contribution >= 0.6 is 0 Å². The van der Waals surface area contributed by atoms with Crippen LogP contribution in [0.15, 0.2) is 78.2 Å². The van der Waals surface area contributed by atoms with Gasteiger partial charge in [0.25, 0.3) is 5.91 Å². The molecule has 4 rings (SSSR count). The molecule has 2 heterocycles. The molecule has 142 valence electrons. The zero-order valence-corrected chi connectivity index (χ0v) is 15.6. The molecule has 1 aliphatic rings. The second kappa shape index (κ2) is 8.36. The molecule has 0 aliphatic carbocycles. The molecule has 0 saturated heterocycles. The van der Waals surface area contributed by atoms with E-state index < -0.39 is 6.10 Å². The normalized spacial score (nSPS) is 15.1. The van der Waals surface area contributed by atoms with E-state index in [2.05, 4.69) is 21.5 Å². The van der Waals surface area contributed by atoms with Crippen LogP contribution in [0.25, 0.3) is 0 Å². The van der Waals surface area contributed by atoms with Crippen LogP contribution in [0.4, 0.5) is 5.69 Å². The fourth-order valence-corrected chi connectivity index (χ4v) is 3.15. The van der Waals surface area contributed by atoms with Crippen molar-refractivity contribution in [3.05, 3.63) is 95.3 Å². The highest BCUT2D eigenvalue weighted by Gasteiger charge is 2.29. The maximum absolute atomic E-state index is 12.5. The van der Waals surface area contributed by atoms with E-state index in [9.17, 15) is 10.1 Å². The number of hydrogen-bond acceptors (Lipinski definition) is 5. The summed E-state index contributed by atoms with van der Waals surface area (Å²) < 4.78 is 0. The molecule has 0 spiro atoms. The summed E-state index contributed by atoms with van der Waals surface area (Å²) in [5.41, 5.74) is 4.96. The van der Waals surface area contributed by atoms with Crippen LogP contribution in [0, 0.1) is 11.3 Å². The number of hydrogen-bond donors (Lipinski definition) is 1. The third kappa shape index (κ3) is 4.30. The Labute approximate surface area is 168 Å². The zero-order chi connectivity index (χ0) is 20.1.